The molecule has 1 aliphatic carbocycles. The van der Waals surface area contributed by atoms with E-state index in [0.717, 1.165) is 0 Å². The van der Waals surface area contributed by atoms with Crippen molar-refractivity contribution in [2.24, 2.45) is 0 Å². The van der Waals surface area contributed by atoms with E-state index >= 15 is 0 Å². The molecule has 1 unspecified atom stereocenters. The van der Waals surface area contributed by atoms with Crippen LogP contribution in [0.4, 0.5) is 0 Å². The van der Waals surface area contributed by atoms with Crippen LogP contribution in [0.25, 0.3) is 6.08 Å². The second-order valence-corrected chi connectivity index (χ2v) is 7.49. The van der Waals surface area contributed by atoms with Gasteiger partial charge in [0.05, 0.1) is 0 Å². The van der Waals surface area contributed by atoms with Crippen LogP contribution < -0.4 is 0 Å². The Morgan fingerprint density at radius 2 is 1.82 bits per heavy atom. The molecule has 0 heterocycles. The molecule has 0 saturated heterocycles. The van der Waals surface area contributed by atoms with Gasteiger partial charge in [-0.1, -0.05) is 36.4 Å². The zero-order valence-corrected chi connectivity index (χ0v) is 13.1. The molecule has 3 rings (SSSR count). The van der Waals surface area contributed by atoms with Crippen LogP contribution in [0, 0.1) is 0 Å². The summed E-state index contributed by atoms with van der Waals surface area (Å²) in [4.78, 5) is 0. The molecule has 2 aromatic rings. The van der Waals surface area contributed by atoms with Crippen molar-refractivity contribution < 1.29 is 20.8 Å². The van der Waals surface area contributed by atoms with Crippen molar-refractivity contribution in [3.05, 3.63) is 71.3 Å². The molecule has 17 heavy (non-hydrogen) atoms. The fourth-order valence-corrected chi connectivity index (χ4v) is 2.14. The first-order valence-corrected chi connectivity index (χ1v) is 11.6. The van der Waals surface area contributed by atoms with E-state index in [0.29, 0.717) is 5.92 Å². The van der Waals surface area contributed by atoms with Gasteiger partial charge in [0.2, 0.25) is 0 Å². The van der Waals surface area contributed by atoms with Gasteiger partial charge >= 0.3 is 37.9 Å². The summed E-state index contributed by atoms with van der Waals surface area (Å²) in [5.74, 6) is 0.473. The van der Waals surface area contributed by atoms with E-state index < -0.39 is 20.8 Å². The van der Waals surface area contributed by atoms with E-state index in [1.165, 1.54) is 16.7 Å². The molecule has 0 aliphatic heterocycles. The van der Waals surface area contributed by atoms with Crippen molar-refractivity contribution >= 4 is 23.1 Å². The molecule has 0 spiro atoms. The van der Waals surface area contributed by atoms with E-state index in [9.17, 15) is 0 Å². The predicted octanol–water partition coefficient (Wildman–Crippen LogP) is 4.94. The van der Waals surface area contributed by atoms with Gasteiger partial charge in [0.1, 0.15) is 0 Å². The third-order valence-electron chi connectivity index (χ3n) is 2.85. The first-order chi connectivity index (χ1) is 8.36. The molecule has 1 aliphatic rings. The van der Waals surface area contributed by atoms with E-state index in [2.05, 4.69) is 60.7 Å². The van der Waals surface area contributed by atoms with Crippen LogP contribution in [0.2, 0.25) is 0 Å². The Kier molecular flexibility index (Phi) is 5.16. The minimum absolute atomic E-state index is 0.473. The third-order valence-corrected chi connectivity index (χ3v) is 2.85. The van der Waals surface area contributed by atoms with Crippen LogP contribution in [0.5, 0.6) is 0 Å². The second-order valence-electron chi connectivity index (χ2n) is 3.76. The summed E-state index contributed by atoms with van der Waals surface area (Å²) in [6.07, 6.45) is 4.49. The summed E-state index contributed by atoms with van der Waals surface area (Å²) in [6.45, 7) is 0. The number of benzene rings is 1. The van der Waals surface area contributed by atoms with Gasteiger partial charge in [0, 0.05) is 5.92 Å². The molecule has 0 fully saturated rings. The monoisotopic (exact) mass is 339 g/mol. The fraction of sp³-hybridized carbons (Fsp3) is 0.0714. The SMILES string of the molecule is C1=CC(c2ccc[cH-]2)c2ccccc21.[Cl][Zr][Cl]. The molecular weight excluding hydrogens is 330 g/mol. The first-order valence-electron chi connectivity index (χ1n) is 5.32. The average Bonchev–Trinajstić information content (AvgIpc) is 2.98. The molecule has 86 valence electrons. The van der Waals surface area contributed by atoms with E-state index in [-0.39, 0.29) is 0 Å². The van der Waals surface area contributed by atoms with Crippen LogP contribution in [-0.2, 0) is 20.8 Å². The summed E-state index contributed by atoms with van der Waals surface area (Å²) < 4.78 is 0. The molecule has 3 heteroatoms. The second kappa shape index (κ2) is 6.64. The predicted molar refractivity (Wildman–Crippen MR) is 71.1 cm³/mol. The van der Waals surface area contributed by atoms with Gasteiger partial charge < -0.3 is 0 Å². The quantitative estimate of drug-likeness (QED) is 0.645. The van der Waals surface area contributed by atoms with Gasteiger partial charge in [-0.2, -0.15) is 17.7 Å². The van der Waals surface area contributed by atoms with Gasteiger partial charge in [0.25, 0.3) is 0 Å². The number of allylic oxidation sites excluding steroid dienone is 1. The number of rotatable bonds is 1. The van der Waals surface area contributed by atoms with E-state index in [4.69, 9.17) is 17.0 Å². The van der Waals surface area contributed by atoms with Crippen LogP contribution in [-0.4, -0.2) is 0 Å². The van der Waals surface area contributed by atoms with Crippen LogP contribution in [0.3, 0.4) is 0 Å². The molecule has 0 amide bonds. The molecular formula is C14H11Cl2Zr-. The summed E-state index contributed by atoms with van der Waals surface area (Å²) >= 11 is -0.826. The Bertz CT molecular complexity index is 489. The number of halogens is 2. The minimum atomic E-state index is -0.826. The standard InChI is InChI=1S/C14H11.2ClH.Zr/c1-2-6-11(5-1)14-10-9-12-7-3-4-8-13(12)14;;;/h1-10,14H;2*1H;/q-1;;;+2/p-2. The Morgan fingerprint density at radius 1 is 1.06 bits per heavy atom. The fourth-order valence-electron chi connectivity index (χ4n) is 2.14. The van der Waals surface area contributed by atoms with Crippen molar-refractivity contribution in [2.45, 2.75) is 5.92 Å². The van der Waals surface area contributed by atoms with Crippen molar-refractivity contribution in [3.8, 4) is 0 Å². The number of hydrogen-bond donors (Lipinski definition) is 0. The van der Waals surface area contributed by atoms with Crippen molar-refractivity contribution in [3.63, 3.8) is 0 Å². The van der Waals surface area contributed by atoms with Crippen molar-refractivity contribution in [1.82, 2.24) is 0 Å². The zero-order valence-electron chi connectivity index (χ0n) is 9.11. The molecule has 0 nitrogen and oxygen atoms in total. The summed E-state index contributed by atoms with van der Waals surface area (Å²) in [5, 5.41) is 0. The van der Waals surface area contributed by atoms with Gasteiger partial charge in [-0.25, -0.2) is 12.1 Å². The Morgan fingerprint density at radius 3 is 2.53 bits per heavy atom. The summed E-state index contributed by atoms with van der Waals surface area (Å²) in [6, 6.07) is 17.2. The van der Waals surface area contributed by atoms with E-state index in [1.54, 1.807) is 0 Å². The Hall–Kier alpha value is -0.227. The van der Waals surface area contributed by atoms with Crippen LogP contribution >= 0.6 is 17.0 Å². The van der Waals surface area contributed by atoms with Gasteiger partial charge in [-0.15, -0.1) is 0 Å². The zero-order chi connectivity index (χ0) is 12.1. The van der Waals surface area contributed by atoms with E-state index in [1.807, 2.05) is 0 Å². The average molecular weight is 341 g/mol. The summed E-state index contributed by atoms with van der Waals surface area (Å²) in [5.41, 5.74) is 4.18. The first kappa shape index (κ1) is 13.2. The van der Waals surface area contributed by atoms with Gasteiger partial charge in [-0.05, 0) is 11.1 Å². The molecule has 0 saturated carbocycles. The molecule has 0 N–H and O–H groups in total. The molecule has 2 aromatic carbocycles. The number of fused-ring (bicyclic) bond motifs is 1. The normalized spacial score (nSPS) is 16.0. The van der Waals surface area contributed by atoms with Gasteiger partial charge in [-0.3, -0.25) is 0 Å². The summed E-state index contributed by atoms with van der Waals surface area (Å²) in [7, 11) is 9.87. The van der Waals surface area contributed by atoms with Crippen LogP contribution in [0.1, 0.15) is 22.6 Å². The third kappa shape index (κ3) is 3.16. The van der Waals surface area contributed by atoms with Crippen molar-refractivity contribution in [2.75, 3.05) is 0 Å². The Labute approximate surface area is 120 Å². The van der Waals surface area contributed by atoms with Gasteiger partial charge in [0.15, 0.2) is 0 Å². The topological polar surface area (TPSA) is 0 Å². The Balaban J connectivity index is 0.000000329. The molecule has 0 bridgehead atoms. The maximum absolute atomic E-state index is 4.93. The number of hydrogen-bond acceptors (Lipinski definition) is 0. The van der Waals surface area contributed by atoms with Crippen molar-refractivity contribution in [1.29, 1.82) is 0 Å². The molecule has 0 aromatic heterocycles. The van der Waals surface area contributed by atoms with Crippen LogP contribution in [0.15, 0.2) is 54.6 Å². The molecule has 1 atom stereocenters. The maximum atomic E-state index is 4.93. The molecule has 0 radical (unpaired) electrons.